The molecule has 0 aromatic heterocycles. The fraction of sp³-hybridized carbons (Fsp3) is 0.750. The third-order valence-electron chi connectivity index (χ3n) is 2.51. The SMILES string of the molecule is CCCNC(=O)C(C)NC(=O)NC(C(=O)O)C(C)C. The number of carbonyl (C=O) groups is 3. The molecule has 0 saturated heterocycles. The third-order valence-corrected chi connectivity index (χ3v) is 2.51. The zero-order valence-electron chi connectivity index (χ0n) is 11.8. The smallest absolute Gasteiger partial charge is 0.326 e. The van der Waals surface area contributed by atoms with Crippen LogP contribution in [0.2, 0.25) is 0 Å². The van der Waals surface area contributed by atoms with Gasteiger partial charge in [0.05, 0.1) is 0 Å². The maximum atomic E-state index is 11.6. The summed E-state index contributed by atoms with van der Waals surface area (Å²) >= 11 is 0. The summed E-state index contributed by atoms with van der Waals surface area (Å²) in [6.07, 6.45) is 0.805. The summed E-state index contributed by atoms with van der Waals surface area (Å²) in [6.45, 7) is 7.38. The minimum atomic E-state index is -1.10. The lowest BCUT2D eigenvalue weighted by molar-refractivity contribution is -0.140. The number of amides is 3. The van der Waals surface area contributed by atoms with Crippen LogP contribution >= 0.6 is 0 Å². The number of hydrogen-bond acceptors (Lipinski definition) is 3. The van der Waals surface area contributed by atoms with Gasteiger partial charge in [-0.25, -0.2) is 9.59 Å². The Morgan fingerprint density at radius 2 is 1.68 bits per heavy atom. The van der Waals surface area contributed by atoms with Crippen molar-refractivity contribution in [2.24, 2.45) is 5.92 Å². The van der Waals surface area contributed by atoms with Crippen molar-refractivity contribution < 1.29 is 19.5 Å². The first-order chi connectivity index (χ1) is 8.79. The van der Waals surface area contributed by atoms with Gasteiger partial charge in [0.1, 0.15) is 12.1 Å². The van der Waals surface area contributed by atoms with Crippen LogP contribution in [0.4, 0.5) is 4.79 Å². The molecule has 7 heteroatoms. The van der Waals surface area contributed by atoms with Crippen molar-refractivity contribution in [2.45, 2.75) is 46.2 Å². The monoisotopic (exact) mass is 273 g/mol. The Labute approximate surface area is 113 Å². The van der Waals surface area contributed by atoms with E-state index in [1.165, 1.54) is 6.92 Å². The highest BCUT2D eigenvalue weighted by atomic mass is 16.4. The molecule has 0 saturated carbocycles. The van der Waals surface area contributed by atoms with Gasteiger partial charge < -0.3 is 21.1 Å². The molecular formula is C12H23N3O4. The molecule has 0 aliphatic heterocycles. The van der Waals surface area contributed by atoms with Crippen LogP contribution in [-0.2, 0) is 9.59 Å². The van der Waals surface area contributed by atoms with Crippen molar-refractivity contribution >= 4 is 17.9 Å². The first-order valence-electron chi connectivity index (χ1n) is 6.37. The maximum Gasteiger partial charge on any atom is 0.326 e. The standard InChI is InChI=1S/C12H23N3O4/c1-5-6-13-10(16)8(4)14-12(19)15-9(7(2)3)11(17)18/h7-9H,5-6H2,1-4H3,(H,13,16)(H,17,18)(H2,14,15,19). The molecule has 0 aromatic carbocycles. The number of aliphatic carboxylic acids is 1. The van der Waals surface area contributed by atoms with Crippen molar-refractivity contribution in [1.82, 2.24) is 16.0 Å². The predicted molar refractivity (Wildman–Crippen MR) is 70.7 cm³/mol. The summed E-state index contributed by atoms with van der Waals surface area (Å²) in [6, 6.07) is -2.36. The van der Waals surface area contributed by atoms with Gasteiger partial charge in [0.25, 0.3) is 0 Å². The largest absolute Gasteiger partial charge is 0.480 e. The molecule has 0 bridgehead atoms. The number of rotatable bonds is 7. The van der Waals surface area contributed by atoms with Crippen LogP contribution < -0.4 is 16.0 Å². The second-order valence-electron chi connectivity index (χ2n) is 4.69. The molecule has 0 heterocycles. The molecule has 4 N–H and O–H groups in total. The fourth-order valence-electron chi connectivity index (χ4n) is 1.36. The van der Waals surface area contributed by atoms with Gasteiger partial charge in [-0.1, -0.05) is 20.8 Å². The number of hydrogen-bond donors (Lipinski definition) is 4. The Bertz CT molecular complexity index is 331. The van der Waals surface area contributed by atoms with E-state index < -0.39 is 24.1 Å². The van der Waals surface area contributed by atoms with Crippen LogP contribution in [0.3, 0.4) is 0 Å². The van der Waals surface area contributed by atoms with Gasteiger partial charge in [0.15, 0.2) is 0 Å². The van der Waals surface area contributed by atoms with Gasteiger partial charge in [-0.3, -0.25) is 4.79 Å². The number of urea groups is 1. The van der Waals surface area contributed by atoms with E-state index in [1.807, 2.05) is 6.92 Å². The Morgan fingerprint density at radius 1 is 1.11 bits per heavy atom. The molecule has 0 rings (SSSR count). The molecule has 0 aliphatic carbocycles. The molecule has 0 fully saturated rings. The first-order valence-corrected chi connectivity index (χ1v) is 6.37. The Morgan fingerprint density at radius 3 is 2.11 bits per heavy atom. The highest BCUT2D eigenvalue weighted by molar-refractivity contribution is 5.88. The number of nitrogens with one attached hydrogen (secondary N) is 3. The lowest BCUT2D eigenvalue weighted by Crippen LogP contribution is -2.53. The lowest BCUT2D eigenvalue weighted by Gasteiger charge is -2.20. The molecule has 2 unspecified atom stereocenters. The molecule has 19 heavy (non-hydrogen) atoms. The first kappa shape index (κ1) is 17.2. The second kappa shape index (κ2) is 8.34. The Hall–Kier alpha value is -1.79. The summed E-state index contributed by atoms with van der Waals surface area (Å²) in [5, 5.41) is 16.3. The van der Waals surface area contributed by atoms with Crippen LogP contribution in [0.1, 0.15) is 34.1 Å². The zero-order chi connectivity index (χ0) is 15.0. The second-order valence-corrected chi connectivity index (χ2v) is 4.69. The van der Waals surface area contributed by atoms with Crippen molar-refractivity contribution in [1.29, 1.82) is 0 Å². The summed E-state index contributed by atoms with van der Waals surface area (Å²) in [7, 11) is 0. The lowest BCUT2D eigenvalue weighted by atomic mass is 10.1. The molecule has 0 radical (unpaired) electrons. The Balaban J connectivity index is 4.29. The van der Waals surface area contributed by atoms with Crippen LogP contribution in [0.15, 0.2) is 0 Å². The summed E-state index contributed by atoms with van der Waals surface area (Å²) in [4.78, 5) is 34.0. The van der Waals surface area contributed by atoms with E-state index in [9.17, 15) is 14.4 Å². The van der Waals surface area contributed by atoms with Crippen molar-refractivity contribution in [3.05, 3.63) is 0 Å². The zero-order valence-corrected chi connectivity index (χ0v) is 11.8. The van der Waals surface area contributed by atoms with Gasteiger partial charge in [-0.05, 0) is 19.3 Å². The average Bonchev–Trinajstić information content (AvgIpc) is 2.31. The fourth-order valence-corrected chi connectivity index (χ4v) is 1.36. The third kappa shape index (κ3) is 6.64. The number of carboxylic acids is 1. The molecule has 0 aliphatic rings. The van der Waals surface area contributed by atoms with E-state index in [4.69, 9.17) is 5.11 Å². The molecule has 3 amide bonds. The van der Waals surface area contributed by atoms with Crippen molar-refractivity contribution in [2.75, 3.05) is 6.54 Å². The summed E-state index contributed by atoms with van der Waals surface area (Å²) in [5.41, 5.74) is 0. The van der Waals surface area contributed by atoms with Crippen LogP contribution in [0, 0.1) is 5.92 Å². The average molecular weight is 273 g/mol. The molecule has 7 nitrogen and oxygen atoms in total. The molecule has 0 aromatic rings. The van der Waals surface area contributed by atoms with E-state index in [1.54, 1.807) is 13.8 Å². The minimum Gasteiger partial charge on any atom is -0.480 e. The van der Waals surface area contributed by atoms with Crippen molar-refractivity contribution in [3.63, 3.8) is 0 Å². The minimum absolute atomic E-state index is 0.243. The van der Waals surface area contributed by atoms with E-state index in [2.05, 4.69) is 16.0 Å². The highest BCUT2D eigenvalue weighted by Gasteiger charge is 2.24. The quantitative estimate of drug-likeness (QED) is 0.535. The van der Waals surface area contributed by atoms with Crippen LogP contribution in [0.5, 0.6) is 0 Å². The van der Waals surface area contributed by atoms with Gasteiger partial charge in [-0.2, -0.15) is 0 Å². The van der Waals surface area contributed by atoms with Gasteiger partial charge >= 0.3 is 12.0 Å². The van der Waals surface area contributed by atoms with Crippen LogP contribution in [-0.4, -0.2) is 41.6 Å². The van der Waals surface area contributed by atoms with E-state index >= 15 is 0 Å². The van der Waals surface area contributed by atoms with Crippen LogP contribution in [0.25, 0.3) is 0 Å². The molecular weight excluding hydrogens is 250 g/mol. The molecule has 2 atom stereocenters. The van der Waals surface area contributed by atoms with E-state index in [0.717, 1.165) is 6.42 Å². The van der Waals surface area contributed by atoms with E-state index in [0.29, 0.717) is 6.54 Å². The summed E-state index contributed by atoms with van der Waals surface area (Å²) < 4.78 is 0. The Kier molecular flexibility index (Phi) is 7.55. The van der Waals surface area contributed by atoms with Gasteiger partial charge in [-0.15, -0.1) is 0 Å². The number of carboxylic acid groups (broad SMARTS) is 1. The summed E-state index contributed by atoms with van der Waals surface area (Å²) in [5.74, 6) is -1.64. The molecule has 110 valence electrons. The van der Waals surface area contributed by atoms with Gasteiger partial charge in [0.2, 0.25) is 5.91 Å². The molecule has 0 spiro atoms. The topological polar surface area (TPSA) is 108 Å². The maximum absolute atomic E-state index is 11.6. The normalized spacial score (nSPS) is 13.5. The van der Waals surface area contributed by atoms with Crippen molar-refractivity contribution in [3.8, 4) is 0 Å². The van der Waals surface area contributed by atoms with Gasteiger partial charge in [0, 0.05) is 6.54 Å². The predicted octanol–water partition coefficient (Wildman–Crippen LogP) is 0.310. The van der Waals surface area contributed by atoms with E-state index in [-0.39, 0.29) is 11.8 Å². The number of carbonyl (C=O) groups excluding carboxylic acids is 2. The highest BCUT2D eigenvalue weighted by Crippen LogP contribution is 2.01.